The molecular formula is C16H30ClNO2. The van der Waals surface area contributed by atoms with Gasteiger partial charge in [-0.25, -0.2) is 0 Å². The lowest BCUT2D eigenvalue weighted by Gasteiger charge is -2.26. The van der Waals surface area contributed by atoms with E-state index in [0.717, 1.165) is 38.0 Å². The number of carbonyl (C=O) groups excluding carboxylic acids is 1. The summed E-state index contributed by atoms with van der Waals surface area (Å²) in [5.41, 5.74) is 6.29. The number of hydrogen-bond acceptors (Lipinski definition) is 3. The van der Waals surface area contributed by atoms with E-state index >= 15 is 0 Å². The largest absolute Gasteiger partial charge is 0.460 e. The molecule has 3 atom stereocenters. The Morgan fingerprint density at radius 1 is 1.30 bits per heavy atom. The summed E-state index contributed by atoms with van der Waals surface area (Å²) < 4.78 is 5.51. The summed E-state index contributed by atoms with van der Waals surface area (Å²) in [5.74, 6) is 0.872. The van der Waals surface area contributed by atoms with E-state index < -0.39 is 0 Å². The molecule has 20 heavy (non-hydrogen) atoms. The molecule has 1 heterocycles. The Balaban J connectivity index is 0.00000200. The summed E-state index contributed by atoms with van der Waals surface area (Å²) in [6.07, 6.45) is 11.8. The first kappa shape index (κ1) is 17.8. The van der Waals surface area contributed by atoms with Crippen molar-refractivity contribution in [3.05, 3.63) is 0 Å². The number of unbranched alkanes of at least 4 members (excludes halogenated alkanes) is 1. The first-order chi connectivity index (χ1) is 9.20. The van der Waals surface area contributed by atoms with Crippen LogP contribution >= 0.6 is 12.4 Å². The number of halogens is 1. The molecule has 0 unspecified atom stereocenters. The van der Waals surface area contributed by atoms with E-state index in [1.807, 2.05) is 0 Å². The van der Waals surface area contributed by atoms with Crippen molar-refractivity contribution >= 4 is 18.4 Å². The first-order valence-corrected chi connectivity index (χ1v) is 8.16. The van der Waals surface area contributed by atoms with E-state index in [1.165, 1.54) is 32.1 Å². The maximum Gasteiger partial charge on any atom is 0.309 e. The zero-order valence-corrected chi connectivity index (χ0v) is 13.5. The van der Waals surface area contributed by atoms with Gasteiger partial charge in [-0.2, -0.15) is 0 Å². The Morgan fingerprint density at radius 2 is 2.00 bits per heavy atom. The summed E-state index contributed by atoms with van der Waals surface area (Å²) in [4.78, 5) is 11.8. The Bertz CT molecular complexity index is 292. The Labute approximate surface area is 129 Å². The smallest absolute Gasteiger partial charge is 0.309 e. The zero-order chi connectivity index (χ0) is 13.7. The quantitative estimate of drug-likeness (QED) is 0.759. The summed E-state index contributed by atoms with van der Waals surface area (Å²) in [6.45, 7) is 2.16. The van der Waals surface area contributed by atoms with Crippen LogP contribution in [0.25, 0.3) is 0 Å². The number of ether oxygens (including phenoxy) is 1. The van der Waals surface area contributed by atoms with Crippen LogP contribution in [-0.2, 0) is 9.53 Å². The van der Waals surface area contributed by atoms with Crippen molar-refractivity contribution in [1.82, 2.24) is 0 Å². The van der Waals surface area contributed by atoms with Gasteiger partial charge in [-0.3, -0.25) is 4.79 Å². The number of cyclic esters (lactones) is 1. The van der Waals surface area contributed by atoms with Crippen LogP contribution in [0, 0.1) is 11.8 Å². The third-order valence-electron chi connectivity index (χ3n) is 4.83. The molecule has 2 fully saturated rings. The van der Waals surface area contributed by atoms with Gasteiger partial charge in [-0.05, 0) is 25.2 Å². The topological polar surface area (TPSA) is 52.3 Å². The lowest BCUT2D eigenvalue weighted by atomic mass is 9.83. The lowest BCUT2D eigenvalue weighted by molar-refractivity contribution is -0.145. The molecule has 1 saturated carbocycles. The molecule has 1 aliphatic heterocycles. The third kappa shape index (κ3) is 4.92. The maximum absolute atomic E-state index is 11.8. The van der Waals surface area contributed by atoms with Crippen LogP contribution in [0.4, 0.5) is 0 Å². The van der Waals surface area contributed by atoms with Crippen LogP contribution in [0.3, 0.4) is 0 Å². The first-order valence-electron chi connectivity index (χ1n) is 8.16. The van der Waals surface area contributed by atoms with Gasteiger partial charge in [0.2, 0.25) is 0 Å². The molecule has 0 radical (unpaired) electrons. The van der Waals surface area contributed by atoms with Crippen molar-refractivity contribution in [2.45, 2.75) is 83.3 Å². The van der Waals surface area contributed by atoms with Gasteiger partial charge in [0.05, 0.1) is 5.92 Å². The van der Waals surface area contributed by atoms with E-state index in [-0.39, 0.29) is 36.4 Å². The molecule has 1 saturated heterocycles. The number of rotatable bonds is 6. The highest BCUT2D eigenvalue weighted by Gasteiger charge is 2.37. The van der Waals surface area contributed by atoms with Crippen molar-refractivity contribution in [1.29, 1.82) is 0 Å². The SMILES string of the molecule is CCCC[C@@H]1C[C@@H]([C@@H](N)CC2CCCCC2)OC1=O.Cl. The number of esters is 1. The fraction of sp³-hybridized carbons (Fsp3) is 0.938. The standard InChI is InChI=1S/C16H29NO2.ClH/c1-2-3-9-13-11-15(19-16(13)18)14(17)10-12-7-5-4-6-8-12;/h12-15H,2-11,17H2,1H3;1H/t13-,14+,15+;/m1./s1. The van der Waals surface area contributed by atoms with Gasteiger partial charge in [0, 0.05) is 6.04 Å². The number of hydrogen-bond donors (Lipinski definition) is 1. The minimum Gasteiger partial charge on any atom is -0.460 e. The third-order valence-corrected chi connectivity index (χ3v) is 4.83. The Morgan fingerprint density at radius 3 is 2.65 bits per heavy atom. The van der Waals surface area contributed by atoms with Crippen LogP contribution in [0.5, 0.6) is 0 Å². The molecule has 3 nitrogen and oxygen atoms in total. The molecular weight excluding hydrogens is 274 g/mol. The summed E-state index contributed by atoms with van der Waals surface area (Å²) >= 11 is 0. The van der Waals surface area contributed by atoms with Crippen LogP contribution in [0.1, 0.15) is 71.1 Å². The Hall–Kier alpha value is -0.280. The molecule has 2 rings (SSSR count). The van der Waals surface area contributed by atoms with E-state index in [1.54, 1.807) is 0 Å². The lowest BCUT2D eigenvalue weighted by Crippen LogP contribution is -2.36. The molecule has 1 aliphatic carbocycles. The molecule has 0 aromatic heterocycles. The highest BCUT2D eigenvalue weighted by atomic mass is 35.5. The van der Waals surface area contributed by atoms with Crippen molar-refractivity contribution in [2.24, 2.45) is 17.6 Å². The molecule has 2 N–H and O–H groups in total. The fourth-order valence-electron chi connectivity index (χ4n) is 3.58. The normalized spacial score (nSPS) is 28.8. The van der Waals surface area contributed by atoms with Crippen molar-refractivity contribution in [3.8, 4) is 0 Å². The van der Waals surface area contributed by atoms with Gasteiger partial charge in [0.25, 0.3) is 0 Å². The average molecular weight is 304 g/mol. The minimum absolute atomic E-state index is 0. The highest BCUT2D eigenvalue weighted by molar-refractivity contribution is 5.85. The molecule has 0 bridgehead atoms. The van der Waals surface area contributed by atoms with Crippen LogP contribution < -0.4 is 5.73 Å². The molecule has 0 amide bonds. The number of carbonyl (C=O) groups is 1. The van der Waals surface area contributed by atoms with E-state index in [2.05, 4.69) is 6.92 Å². The molecule has 118 valence electrons. The van der Waals surface area contributed by atoms with Crippen molar-refractivity contribution in [2.75, 3.05) is 0 Å². The van der Waals surface area contributed by atoms with Crippen LogP contribution in [0.2, 0.25) is 0 Å². The summed E-state index contributed by atoms with van der Waals surface area (Å²) in [5, 5.41) is 0. The van der Waals surface area contributed by atoms with Gasteiger partial charge in [0.1, 0.15) is 6.10 Å². The van der Waals surface area contributed by atoms with Gasteiger partial charge < -0.3 is 10.5 Å². The Kier molecular flexibility index (Phi) is 7.90. The molecule has 0 aromatic carbocycles. The second kappa shape index (κ2) is 8.89. The van der Waals surface area contributed by atoms with Gasteiger partial charge in [-0.1, -0.05) is 51.9 Å². The highest BCUT2D eigenvalue weighted by Crippen LogP contribution is 2.32. The summed E-state index contributed by atoms with van der Waals surface area (Å²) in [6, 6.07) is 0.0543. The average Bonchev–Trinajstić information content (AvgIpc) is 2.79. The van der Waals surface area contributed by atoms with E-state index in [4.69, 9.17) is 10.5 Å². The molecule has 0 spiro atoms. The van der Waals surface area contributed by atoms with Crippen molar-refractivity contribution < 1.29 is 9.53 Å². The van der Waals surface area contributed by atoms with Crippen LogP contribution in [-0.4, -0.2) is 18.1 Å². The van der Waals surface area contributed by atoms with Crippen LogP contribution in [0.15, 0.2) is 0 Å². The van der Waals surface area contributed by atoms with E-state index in [0.29, 0.717) is 0 Å². The van der Waals surface area contributed by atoms with Gasteiger partial charge in [-0.15, -0.1) is 12.4 Å². The van der Waals surface area contributed by atoms with Gasteiger partial charge in [0.15, 0.2) is 0 Å². The number of nitrogens with two attached hydrogens (primary N) is 1. The maximum atomic E-state index is 11.8. The van der Waals surface area contributed by atoms with E-state index in [9.17, 15) is 4.79 Å². The zero-order valence-electron chi connectivity index (χ0n) is 12.7. The predicted molar refractivity (Wildman–Crippen MR) is 83.9 cm³/mol. The second-order valence-electron chi connectivity index (χ2n) is 6.45. The molecule has 2 aliphatic rings. The van der Waals surface area contributed by atoms with Gasteiger partial charge >= 0.3 is 5.97 Å². The molecule has 4 heteroatoms. The summed E-state index contributed by atoms with van der Waals surface area (Å²) in [7, 11) is 0. The molecule has 0 aromatic rings. The second-order valence-corrected chi connectivity index (χ2v) is 6.45. The minimum atomic E-state index is -0.0173. The monoisotopic (exact) mass is 303 g/mol. The fourth-order valence-corrected chi connectivity index (χ4v) is 3.58. The van der Waals surface area contributed by atoms with Crippen molar-refractivity contribution in [3.63, 3.8) is 0 Å². The predicted octanol–water partition coefficient (Wildman–Crippen LogP) is 3.83.